The Morgan fingerprint density at radius 1 is 1.29 bits per heavy atom. The molecule has 1 aromatic heterocycles. The van der Waals surface area contributed by atoms with Gasteiger partial charge in [0.15, 0.2) is 0 Å². The zero-order chi connectivity index (χ0) is 14.3. The molecule has 0 N–H and O–H groups in total. The number of thiophene rings is 1. The summed E-state index contributed by atoms with van der Waals surface area (Å²) in [4.78, 5) is 15.9. The van der Waals surface area contributed by atoms with Gasteiger partial charge in [0.1, 0.15) is 0 Å². The minimum atomic E-state index is 0.373. The Balaban J connectivity index is 1.29. The molecule has 1 amide bonds. The van der Waals surface area contributed by atoms with Crippen LogP contribution in [0.4, 0.5) is 0 Å². The molecule has 21 heavy (non-hydrogen) atoms. The standard InChI is InChI=1S/C18H23NOS/c1-19(9-14-3-2-4-21-14)15(20)8-16-5-13-6-17(10-16)12-18(17,7-13)11-16/h2-4,13H,5-12H2,1H3. The Morgan fingerprint density at radius 3 is 2.67 bits per heavy atom. The molecular weight excluding hydrogens is 278 g/mol. The topological polar surface area (TPSA) is 20.3 Å². The average molecular weight is 301 g/mol. The molecule has 3 heteroatoms. The van der Waals surface area contributed by atoms with E-state index in [1.165, 1.54) is 43.4 Å². The van der Waals surface area contributed by atoms with Crippen LogP contribution in [0, 0.1) is 22.2 Å². The first-order valence-corrected chi connectivity index (χ1v) is 9.18. The average Bonchev–Trinajstić information content (AvgIpc) is 2.77. The lowest BCUT2D eigenvalue weighted by Crippen LogP contribution is -2.38. The van der Waals surface area contributed by atoms with Crippen molar-refractivity contribution in [2.24, 2.45) is 22.2 Å². The van der Waals surface area contributed by atoms with Crippen LogP contribution in [-0.4, -0.2) is 17.9 Å². The largest absolute Gasteiger partial charge is 0.341 e. The summed E-state index contributed by atoms with van der Waals surface area (Å²) in [6.07, 6.45) is 9.38. The van der Waals surface area contributed by atoms with E-state index >= 15 is 0 Å². The van der Waals surface area contributed by atoms with Crippen LogP contribution in [0.5, 0.6) is 0 Å². The Morgan fingerprint density at radius 2 is 2.05 bits per heavy atom. The monoisotopic (exact) mass is 301 g/mol. The van der Waals surface area contributed by atoms with E-state index in [1.807, 2.05) is 11.9 Å². The zero-order valence-corrected chi connectivity index (χ0v) is 13.5. The fourth-order valence-corrected chi connectivity index (χ4v) is 7.54. The van der Waals surface area contributed by atoms with Gasteiger partial charge >= 0.3 is 0 Å². The maximum atomic E-state index is 12.7. The summed E-state index contributed by atoms with van der Waals surface area (Å²) in [5, 5.41) is 2.09. The highest BCUT2D eigenvalue weighted by Crippen LogP contribution is 2.90. The lowest BCUT2D eigenvalue weighted by Gasteiger charge is -2.43. The second kappa shape index (κ2) is 3.73. The summed E-state index contributed by atoms with van der Waals surface area (Å²) < 4.78 is 0. The first-order chi connectivity index (χ1) is 10.0. The summed E-state index contributed by atoms with van der Waals surface area (Å²) in [7, 11) is 1.98. The fourth-order valence-electron chi connectivity index (χ4n) is 6.78. The molecule has 5 aliphatic carbocycles. The van der Waals surface area contributed by atoms with Crippen molar-refractivity contribution in [1.82, 2.24) is 4.90 Å². The lowest BCUT2D eigenvalue weighted by molar-refractivity contribution is -0.134. The van der Waals surface area contributed by atoms with Crippen LogP contribution >= 0.6 is 11.3 Å². The van der Waals surface area contributed by atoms with Crippen LogP contribution in [0.1, 0.15) is 49.8 Å². The number of carbonyl (C=O) groups excluding carboxylic acids is 1. The van der Waals surface area contributed by atoms with Gasteiger partial charge in [-0.25, -0.2) is 0 Å². The molecule has 0 saturated heterocycles. The van der Waals surface area contributed by atoms with Crippen molar-refractivity contribution < 1.29 is 4.79 Å². The van der Waals surface area contributed by atoms with Crippen LogP contribution in [0.3, 0.4) is 0 Å². The van der Waals surface area contributed by atoms with E-state index in [0.29, 0.717) is 22.2 Å². The number of amides is 1. The van der Waals surface area contributed by atoms with Crippen molar-refractivity contribution >= 4 is 17.2 Å². The van der Waals surface area contributed by atoms with E-state index in [-0.39, 0.29) is 0 Å². The molecule has 5 saturated carbocycles. The Labute approximate surface area is 130 Å². The molecular formula is C18H23NOS. The van der Waals surface area contributed by atoms with E-state index in [2.05, 4.69) is 17.5 Å². The van der Waals surface area contributed by atoms with E-state index in [1.54, 1.807) is 11.3 Å². The van der Waals surface area contributed by atoms with Gasteiger partial charge in [0.25, 0.3) is 0 Å². The molecule has 0 aliphatic heterocycles. The number of hydrogen-bond donors (Lipinski definition) is 0. The van der Waals surface area contributed by atoms with E-state index in [9.17, 15) is 4.79 Å². The quantitative estimate of drug-likeness (QED) is 0.821. The van der Waals surface area contributed by atoms with Gasteiger partial charge in [0.05, 0.1) is 6.54 Å². The predicted molar refractivity (Wildman–Crippen MR) is 83.9 cm³/mol. The third kappa shape index (κ3) is 1.61. The highest BCUT2D eigenvalue weighted by Gasteiger charge is 2.81. The van der Waals surface area contributed by atoms with Crippen LogP contribution in [0.25, 0.3) is 0 Å². The molecule has 112 valence electrons. The van der Waals surface area contributed by atoms with Gasteiger partial charge in [0.2, 0.25) is 5.91 Å². The SMILES string of the molecule is CN(Cc1cccs1)C(=O)CC12CC3CC4(C1)CC4(C3)C2. The van der Waals surface area contributed by atoms with Crippen LogP contribution in [-0.2, 0) is 11.3 Å². The third-order valence-electron chi connectivity index (χ3n) is 7.11. The Kier molecular flexibility index (Phi) is 2.26. The first-order valence-electron chi connectivity index (χ1n) is 8.30. The maximum Gasteiger partial charge on any atom is 0.223 e. The molecule has 5 fully saturated rings. The summed E-state index contributed by atoms with van der Waals surface area (Å²) in [6, 6.07) is 4.19. The number of hydrogen-bond acceptors (Lipinski definition) is 2. The number of nitrogens with zero attached hydrogens (tertiary/aromatic N) is 1. The third-order valence-corrected chi connectivity index (χ3v) is 7.97. The van der Waals surface area contributed by atoms with E-state index in [4.69, 9.17) is 0 Å². The van der Waals surface area contributed by atoms with Gasteiger partial charge in [-0.2, -0.15) is 0 Å². The summed E-state index contributed by atoms with van der Waals surface area (Å²) in [6.45, 7) is 0.784. The van der Waals surface area contributed by atoms with Gasteiger partial charge in [-0.15, -0.1) is 11.3 Å². The second-order valence-electron chi connectivity index (χ2n) is 8.58. The molecule has 2 nitrogen and oxygen atoms in total. The van der Waals surface area contributed by atoms with Gasteiger partial charge in [0, 0.05) is 18.3 Å². The van der Waals surface area contributed by atoms with Crippen molar-refractivity contribution in [3.05, 3.63) is 22.4 Å². The molecule has 2 atom stereocenters. The van der Waals surface area contributed by atoms with Crippen molar-refractivity contribution in [3.8, 4) is 0 Å². The zero-order valence-electron chi connectivity index (χ0n) is 12.7. The molecule has 1 aromatic rings. The van der Waals surface area contributed by atoms with Gasteiger partial charge < -0.3 is 4.90 Å². The molecule has 6 rings (SSSR count). The summed E-state index contributed by atoms with van der Waals surface area (Å²) >= 11 is 1.75. The van der Waals surface area contributed by atoms with E-state index < -0.39 is 0 Å². The molecule has 4 bridgehead atoms. The molecule has 0 aromatic carbocycles. The van der Waals surface area contributed by atoms with Gasteiger partial charge in [-0.05, 0) is 72.1 Å². The van der Waals surface area contributed by atoms with Crippen molar-refractivity contribution in [2.45, 2.75) is 51.5 Å². The van der Waals surface area contributed by atoms with Gasteiger partial charge in [-0.3, -0.25) is 4.79 Å². The lowest BCUT2D eigenvalue weighted by atomic mass is 9.62. The van der Waals surface area contributed by atoms with Gasteiger partial charge in [-0.1, -0.05) is 6.07 Å². The minimum Gasteiger partial charge on any atom is -0.341 e. The second-order valence-corrected chi connectivity index (χ2v) is 9.61. The van der Waals surface area contributed by atoms with Crippen LogP contribution in [0.15, 0.2) is 17.5 Å². The fraction of sp³-hybridized carbons (Fsp3) is 0.722. The molecule has 2 spiro atoms. The Bertz CT molecular complexity index is 589. The highest BCUT2D eigenvalue weighted by molar-refractivity contribution is 7.09. The van der Waals surface area contributed by atoms with Crippen molar-refractivity contribution in [1.29, 1.82) is 0 Å². The van der Waals surface area contributed by atoms with Crippen molar-refractivity contribution in [2.75, 3.05) is 7.05 Å². The van der Waals surface area contributed by atoms with Crippen molar-refractivity contribution in [3.63, 3.8) is 0 Å². The molecule has 1 heterocycles. The molecule has 0 radical (unpaired) electrons. The normalized spacial score (nSPS) is 44.9. The van der Waals surface area contributed by atoms with E-state index in [0.717, 1.165) is 18.9 Å². The maximum absolute atomic E-state index is 12.7. The molecule has 2 unspecified atom stereocenters. The highest BCUT2D eigenvalue weighted by atomic mass is 32.1. The first kappa shape index (κ1) is 12.7. The van der Waals surface area contributed by atoms with Crippen LogP contribution in [0.2, 0.25) is 0 Å². The Hall–Kier alpha value is -0.830. The smallest absolute Gasteiger partial charge is 0.223 e. The predicted octanol–water partition coefficient (Wildman–Crippen LogP) is 4.07. The summed E-state index contributed by atoms with van der Waals surface area (Å²) in [5.74, 6) is 1.33. The number of carbonyl (C=O) groups is 1. The van der Waals surface area contributed by atoms with Crippen LogP contribution < -0.4 is 0 Å². The number of rotatable bonds is 4. The summed E-state index contributed by atoms with van der Waals surface area (Å²) in [5.41, 5.74) is 1.81. The molecule has 5 aliphatic rings. The minimum absolute atomic E-state index is 0.373.